The van der Waals surface area contributed by atoms with Crippen LogP contribution >= 0.6 is 0 Å². The molecule has 0 aromatic carbocycles. The van der Waals surface area contributed by atoms with E-state index in [1.54, 1.807) is 0 Å². The summed E-state index contributed by atoms with van der Waals surface area (Å²) in [4.78, 5) is 24.7. The Kier molecular flexibility index (Phi) is 4.24. The topological polar surface area (TPSA) is 75.4 Å². The van der Waals surface area contributed by atoms with Crippen molar-refractivity contribution in [1.82, 2.24) is 14.9 Å². The Hall–Kier alpha value is -2.11. The van der Waals surface area contributed by atoms with Crippen molar-refractivity contribution in [3.8, 4) is 0 Å². The number of carbonyl (C=O) groups excluding carboxylic acids is 1. The number of aryl methyl sites for hydroxylation is 1. The summed E-state index contributed by atoms with van der Waals surface area (Å²) in [5.74, 6) is 1.51. The maximum atomic E-state index is 12.0. The fraction of sp³-hybridized carbons (Fsp3) is 0.588. The van der Waals surface area contributed by atoms with Crippen LogP contribution < -0.4 is 10.6 Å². The van der Waals surface area contributed by atoms with Gasteiger partial charge in [-0.2, -0.15) is 4.98 Å². The van der Waals surface area contributed by atoms with Crippen molar-refractivity contribution >= 4 is 17.7 Å². The van der Waals surface area contributed by atoms with E-state index in [1.807, 2.05) is 24.0 Å². The fourth-order valence-corrected chi connectivity index (χ4v) is 3.78. The Morgan fingerprint density at radius 2 is 2.09 bits per heavy atom. The minimum absolute atomic E-state index is 0.251. The van der Waals surface area contributed by atoms with Crippen LogP contribution in [0.2, 0.25) is 0 Å². The van der Waals surface area contributed by atoms with Crippen LogP contribution in [0.1, 0.15) is 31.4 Å². The average Bonchev–Trinajstić information content (AvgIpc) is 2.51. The van der Waals surface area contributed by atoms with Gasteiger partial charge in [-0.05, 0) is 31.6 Å². The van der Waals surface area contributed by atoms with Crippen LogP contribution in [0.5, 0.6) is 0 Å². The lowest BCUT2D eigenvalue weighted by molar-refractivity contribution is -0.137. The lowest BCUT2D eigenvalue weighted by atomic mass is 9.72. The number of nitrogens with two attached hydrogens (primary N) is 1. The molecule has 1 spiro atoms. The van der Waals surface area contributed by atoms with Gasteiger partial charge in [-0.3, -0.25) is 4.79 Å². The first-order valence-electron chi connectivity index (χ1n) is 8.26. The number of amides is 1. The summed E-state index contributed by atoms with van der Waals surface area (Å²) >= 11 is 0. The van der Waals surface area contributed by atoms with Crippen LogP contribution in [-0.2, 0) is 4.79 Å². The predicted molar refractivity (Wildman–Crippen MR) is 91.1 cm³/mol. The van der Waals surface area contributed by atoms with Crippen molar-refractivity contribution < 1.29 is 4.79 Å². The standard InChI is InChI=1S/C17H25N5O/c1-3-8-22-12-17(5-4-15(22)23)6-9-21(10-7-17)14-11-13(2)19-16(18)20-14/h3,11H,1,4-10,12H2,2H3,(H2,18,19,20). The summed E-state index contributed by atoms with van der Waals surface area (Å²) < 4.78 is 0. The molecule has 0 atom stereocenters. The second kappa shape index (κ2) is 6.18. The molecule has 2 fully saturated rings. The van der Waals surface area contributed by atoms with Gasteiger partial charge < -0.3 is 15.5 Å². The van der Waals surface area contributed by atoms with E-state index in [-0.39, 0.29) is 11.3 Å². The lowest BCUT2D eigenvalue weighted by Gasteiger charge is -2.47. The van der Waals surface area contributed by atoms with E-state index in [9.17, 15) is 4.79 Å². The number of rotatable bonds is 3. The fourth-order valence-electron chi connectivity index (χ4n) is 3.78. The van der Waals surface area contributed by atoms with Crippen molar-refractivity contribution in [2.75, 3.05) is 36.8 Å². The Balaban J connectivity index is 1.68. The Bertz CT molecular complexity index is 587. The summed E-state index contributed by atoms with van der Waals surface area (Å²) in [7, 11) is 0. The zero-order valence-electron chi connectivity index (χ0n) is 13.8. The molecule has 124 valence electrons. The number of likely N-dealkylation sites (tertiary alicyclic amines) is 1. The van der Waals surface area contributed by atoms with Gasteiger partial charge in [0.1, 0.15) is 5.82 Å². The molecule has 0 saturated carbocycles. The monoisotopic (exact) mass is 315 g/mol. The molecule has 23 heavy (non-hydrogen) atoms. The molecule has 3 rings (SSSR count). The molecular weight excluding hydrogens is 290 g/mol. The third-order valence-corrected chi connectivity index (χ3v) is 5.10. The molecule has 6 heteroatoms. The average molecular weight is 315 g/mol. The molecule has 1 aromatic rings. The summed E-state index contributed by atoms with van der Waals surface area (Å²) in [6.07, 6.45) is 5.64. The number of aromatic nitrogens is 2. The highest BCUT2D eigenvalue weighted by atomic mass is 16.2. The van der Waals surface area contributed by atoms with Gasteiger partial charge in [0.05, 0.1) is 0 Å². The molecular formula is C17H25N5O. The molecule has 1 aromatic heterocycles. The van der Waals surface area contributed by atoms with Crippen LogP contribution in [-0.4, -0.2) is 47.0 Å². The first-order chi connectivity index (χ1) is 11.0. The van der Waals surface area contributed by atoms with Gasteiger partial charge in [-0.1, -0.05) is 6.08 Å². The van der Waals surface area contributed by atoms with Crippen molar-refractivity contribution in [2.45, 2.75) is 32.6 Å². The number of piperidine rings is 2. The van der Waals surface area contributed by atoms with Crippen molar-refractivity contribution in [1.29, 1.82) is 0 Å². The second-order valence-electron chi connectivity index (χ2n) is 6.78. The Labute approximate surface area is 137 Å². The minimum atomic E-state index is 0.251. The van der Waals surface area contributed by atoms with Gasteiger partial charge in [0.2, 0.25) is 11.9 Å². The molecule has 2 saturated heterocycles. The summed E-state index contributed by atoms with van der Waals surface area (Å²) in [5.41, 5.74) is 6.91. The zero-order chi connectivity index (χ0) is 16.4. The van der Waals surface area contributed by atoms with E-state index >= 15 is 0 Å². The first-order valence-corrected chi connectivity index (χ1v) is 8.26. The number of hydrogen-bond donors (Lipinski definition) is 1. The van der Waals surface area contributed by atoms with Crippen molar-refractivity contribution in [3.63, 3.8) is 0 Å². The first kappa shape index (κ1) is 15.8. The number of hydrogen-bond acceptors (Lipinski definition) is 5. The summed E-state index contributed by atoms with van der Waals surface area (Å²) in [6.45, 7) is 9.12. The molecule has 2 aliphatic heterocycles. The highest BCUT2D eigenvalue weighted by Crippen LogP contribution is 2.40. The molecule has 3 heterocycles. The van der Waals surface area contributed by atoms with Gasteiger partial charge in [0.25, 0.3) is 0 Å². The van der Waals surface area contributed by atoms with E-state index in [0.29, 0.717) is 18.9 Å². The van der Waals surface area contributed by atoms with Crippen LogP contribution in [0.3, 0.4) is 0 Å². The molecule has 2 N–H and O–H groups in total. The smallest absolute Gasteiger partial charge is 0.222 e. The number of carbonyl (C=O) groups is 1. The van der Waals surface area contributed by atoms with E-state index in [2.05, 4.69) is 21.4 Å². The number of anilines is 2. The van der Waals surface area contributed by atoms with E-state index < -0.39 is 0 Å². The maximum Gasteiger partial charge on any atom is 0.222 e. The molecule has 0 radical (unpaired) electrons. The molecule has 0 unspecified atom stereocenters. The molecule has 6 nitrogen and oxygen atoms in total. The quantitative estimate of drug-likeness (QED) is 0.860. The van der Waals surface area contributed by atoms with Crippen molar-refractivity contribution in [2.24, 2.45) is 5.41 Å². The largest absolute Gasteiger partial charge is 0.368 e. The Morgan fingerprint density at radius 1 is 1.35 bits per heavy atom. The highest BCUT2D eigenvalue weighted by Gasteiger charge is 2.40. The highest BCUT2D eigenvalue weighted by molar-refractivity contribution is 5.77. The molecule has 2 aliphatic rings. The predicted octanol–water partition coefficient (Wildman–Crippen LogP) is 1.76. The molecule has 0 bridgehead atoms. The van der Waals surface area contributed by atoms with Gasteiger partial charge >= 0.3 is 0 Å². The van der Waals surface area contributed by atoms with Crippen LogP contribution in [0.4, 0.5) is 11.8 Å². The van der Waals surface area contributed by atoms with Crippen molar-refractivity contribution in [3.05, 3.63) is 24.4 Å². The Morgan fingerprint density at radius 3 is 2.74 bits per heavy atom. The van der Waals surface area contributed by atoms with Gasteiger partial charge in [0.15, 0.2) is 0 Å². The van der Waals surface area contributed by atoms with E-state index in [1.165, 1.54) is 0 Å². The summed E-state index contributed by atoms with van der Waals surface area (Å²) in [5, 5.41) is 0. The van der Waals surface area contributed by atoms with Crippen LogP contribution in [0, 0.1) is 12.3 Å². The third-order valence-electron chi connectivity index (χ3n) is 5.10. The van der Waals surface area contributed by atoms with Gasteiger partial charge in [-0.25, -0.2) is 4.98 Å². The third kappa shape index (κ3) is 3.30. The van der Waals surface area contributed by atoms with Crippen LogP contribution in [0.25, 0.3) is 0 Å². The number of nitrogen functional groups attached to an aromatic ring is 1. The zero-order valence-corrected chi connectivity index (χ0v) is 13.8. The minimum Gasteiger partial charge on any atom is -0.368 e. The van der Waals surface area contributed by atoms with Crippen LogP contribution in [0.15, 0.2) is 18.7 Å². The van der Waals surface area contributed by atoms with E-state index in [4.69, 9.17) is 5.73 Å². The molecule has 0 aliphatic carbocycles. The van der Waals surface area contributed by atoms with E-state index in [0.717, 1.165) is 50.4 Å². The number of nitrogens with zero attached hydrogens (tertiary/aromatic N) is 4. The summed E-state index contributed by atoms with van der Waals surface area (Å²) in [6, 6.07) is 1.99. The normalized spacial score (nSPS) is 20.8. The SMILES string of the molecule is C=CCN1CC2(CCC1=O)CCN(c1cc(C)nc(N)n1)CC2. The molecule has 1 amide bonds. The van der Waals surface area contributed by atoms with Gasteiger partial charge in [-0.15, -0.1) is 6.58 Å². The maximum absolute atomic E-state index is 12.0. The second-order valence-corrected chi connectivity index (χ2v) is 6.78. The van der Waals surface area contributed by atoms with Gasteiger partial charge in [0, 0.05) is 44.4 Å². The lowest BCUT2D eigenvalue weighted by Crippen LogP contribution is -2.51.